The lowest BCUT2D eigenvalue weighted by molar-refractivity contribution is -0.137. The molecule has 12 nitrogen and oxygen atoms in total. The van der Waals surface area contributed by atoms with E-state index in [1.807, 2.05) is 31.2 Å². The van der Waals surface area contributed by atoms with Gasteiger partial charge in [0.15, 0.2) is 0 Å². The van der Waals surface area contributed by atoms with E-state index in [4.69, 9.17) is 47.7 Å². The predicted molar refractivity (Wildman–Crippen MR) is 165 cm³/mol. The highest BCUT2D eigenvalue weighted by Crippen LogP contribution is 2.40. The van der Waals surface area contributed by atoms with Gasteiger partial charge in [-0.1, -0.05) is 54.4 Å². The summed E-state index contributed by atoms with van der Waals surface area (Å²) in [5.74, 6) is -0.00874. The number of rotatable bonds is 17. The number of ether oxygens (including phenoxy) is 4. The molecule has 3 rings (SSSR count). The number of nitrogens with zero attached hydrogens (tertiary/aromatic N) is 3. The number of methoxy groups -OCH3 is 2. The molecule has 0 saturated carbocycles. The lowest BCUT2D eigenvalue weighted by Crippen LogP contribution is -2.48. The number of nitrogens with one attached hydrogen (secondary N) is 1. The summed E-state index contributed by atoms with van der Waals surface area (Å²) in [5, 5.41) is 15.5. The average Bonchev–Trinajstić information content (AvgIpc) is 3.01. The van der Waals surface area contributed by atoms with Crippen LogP contribution in [0.25, 0.3) is 16.0 Å². The zero-order valence-corrected chi connectivity index (χ0v) is 26.1. The molecule has 0 aliphatic heterocycles. The first-order valence-electron chi connectivity index (χ1n) is 13.7. The van der Waals surface area contributed by atoms with Gasteiger partial charge in [-0.05, 0) is 54.6 Å². The Hall–Kier alpha value is -4.09. The van der Waals surface area contributed by atoms with Gasteiger partial charge in [0.25, 0.3) is 5.91 Å². The largest absolute Gasteiger partial charge is 0.496 e. The number of aliphatic carboxylic acids is 1. The summed E-state index contributed by atoms with van der Waals surface area (Å²) < 4.78 is 22.5. The Morgan fingerprint density at radius 3 is 2.39 bits per heavy atom. The monoisotopic (exact) mass is 648 g/mol. The van der Waals surface area contributed by atoms with Crippen molar-refractivity contribution in [2.24, 2.45) is 5.28 Å². The van der Waals surface area contributed by atoms with E-state index >= 15 is 0 Å². The molecule has 0 saturated heterocycles. The Kier molecular flexibility index (Phi) is 13.0. The minimum atomic E-state index is -1.02. The number of carbonyl (C=O) groups excluding carboxylic acids is 1. The number of benzene rings is 2. The molecule has 2 aromatic carbocycles. The van der Waals surface area contributed by atoms with Crippen LogP contribution in [0.4, 0.5) is 0 Å². The van der Waals surface area contributed by atoms with Crippen molar-refractivity contribution in [3.05, 3.63) is 80.2 Å². The Bertz CT molecular complexity index is 1400. The van der Waals surface area contributed by atoms with Gasteiger partial charge in [0, 0.05) is 11.3 Å². The highest BCUT2D eigenvalue weighted by molar-refractivity contribution is 6.40. The van der Waals surface area contributed by atoms with E-state index in [1.54, 1.807) is 26.4 Å². The molecule has 2 atom stereocenters. The number of halogens is 2. The second-order valence-corrected chi connectivity index (χ2v) is 10.5. The maximum atomic E-state index is 13.5. The molecule has 1 aliphatic carbocycles. The molecule has 0 aromatic heterocycles. The van der Waals surface area contributed by atoms with Crippen molar-refractivity contribution in [2.45, 2.75) is 44.2 Å². The smallest absolute Gasteiger partial charge is 0.303 e. The first kappa shape index (κ1) is 34.4. The predicted octanol–water partition coefficient (Wildman–Crippen LogP) is 6.80. The fraction of sp³-hybridized carbons (Fsp3) is 0.400. The summed E-state index contributed by atoms with van der Waals surface area (Å²) in [4.78, 5) is 32.2. The summed E-state index contributed by atoms with van der Waals surface area (Å²) >= 11 is 13.0. The van der Waals surface area contributed by atoms with Crippen LogP contribution in [-0.4, -0.2) is 62.7 Å². The van der Waals surface area contributed by atoms with Gasteiger partial charge in [0.05, 0.1) is 53.6 Å². The molecule has 0 fully saturated rings. The number of amides is 1. The van der Waals surface area contributed by atoms with Gasteiger partial charge in [0.1, 0.15) is 35.7 Å². The summed E-state index contributed by atoms with van der Waals surface area (Å²) in [6.45, 7) is 2.38. The molecule has 0 radical (unpaired) electrons. The number of carboxylic acid groups (broad SMARTS) is 1. The third kappa shape index (κ3) is 9.20. The van der Waals surface area contributed by atoms with Gasteiger partial charge in [-0.15, -0.1) is 0 Å². The lowest BCUT2D eigenvalue weighted by Gasteiger charge is -2.34. The van der Waals surface area contributed by atoms with Gasteiger partial charge in [-0.3, -0.25) is 9.59 Å². The van der Waals surface area contributed by atoms with Gasteiger partial charge >= 0.3 is 5.97 Å². The number of carbonyl (C=O) groups is 2. The minimum absolute atomic E-state index is 0.0310. The summed E-state index contributed by atoms with van der Waals surface area (Å²) in [7, 11) is 3.13. The first-order chi connectivity index (χ1) is 21.2. The van der Waals surface area contributed by atoms with Gasteiger partial charge in [-0.25, -0.2) is 0 Å². The lowest BCUT2D eigenvalue weighted by atomic mass is 9.82. The van der Waals surface area contributed by atoms with Crippen LogP contribution in [0, 0.1) is 0 Å². The van der Waals surface area contributed by atoms with Crippen molar-refractivity contribution in [1.82, 2.24) is 5.32 Å². The normalized spacial score (nSPS) is 16.2. The maximum Gasteiger partial charge on any atom is 0.303 e. The molecule has 2 unspecified atom stereocenters. The molecule has 0 spiro atoms. The third-order valence-electron chi connectivity index (χ3n) is 6.89. The van der Waals surface area contributed by atoms with Crippen molar-refractivity contribution in [2.75, 3.05) is 34.0 Å². The van der Waals surface area contributed by atoms with Crippen LogP contribution in [0.5, 0.6) is 17.2 Å². The molecule has 236 valence electrons. The molecule has 14 heteroatoms. The molecule has 0 heterocycles. The molecular formula is C30H34Cl2N4O8. The van der Waals surface area contributed by atoms with Crippen molar-refractivity contribution >= 4 is 40.7 Å². The molecule has 0 bridgehead atoms. The summed E-state index contributed by atoms with van der Waals surface area (Å²) in [6, 6.07) is 8.41. The number of hydrogen-bond donors (Lipinski definition) is 2. The molecule has 1 aliphatic rings. The zero-order valence-electron chi connectivity index (χ0n) is 24.5. The van der Waals surface area contributed by atoms with Gasteiger partial charge < -0.3 is 34.2 Å². The van der Waals surface area contributed by atoms with Gasteiger partial charge in [0.2, 0.25) is 0 Å². The van der Waals surface area contributed by atoms with E-state index < -0.39 is 17.4 Å². The van der Waals surface area contributed by atoms with Crippen molar-refractivity contribution in [1.29, 1.82) is 0 Å². The van der Waals surface area contributed by atoms with Crippen LogP contribution >= 0.6 is 23.2 Å². The van der Waals surface area contributed by atoms with Crippen LogP contribution in [0.1, 0.15) is 48.5 Å². The van der Waals surface area contributed by atoms with E-state index in [9.17, 15) is 14.7 Å². The average molecular weight is 650 g/mol. The Balaban J connectivity index is 1.76. The fourth-order valence-corrected chi connectivity index (χ4v) is 5.24. The third-order valence-corrected chi connectivity index (χ3v) is 7.48. The van der Waals surface area contributed by atoms with E-state index in [2.05, 4.69) is 20.3 Å². The highest BCUT2D eigenvalue weighted by Gasteiger charge is 2.33. The van der Waals surface area contributed by atoms with Crippen molar-refractivity contribution in [3.63, 3.8) is 0 Å². The van der Waals surface area contributed by atoms with Crippen LogP contribution in [-0.2, 0) is 14.4 Å². The van der Waals surface area contributed by atoms with Crippen LogP contribution in [0.3, 0.4) is 0 Å². The molecular weight excluding hydrogens is 615 g/mol. The van der Waals surface area contributed by atoms with Crippen LogP contribution in [0.15, 0.2) is 53.8 Å². The second kappa shape index (κ2) is 16.7. The zero-order chi connectivity index (χ0) is 32.1. The second-order valence-electron chi connectivity index (χ2n) is 9.72. The van der Waals surface area contributed by atoms with Gasteiger partial charge in [-0.2, -0.15) is 0 Å². The van der Waals surface area contributed by atoms with Crippen molar-refractivity contribution < 1.29 is 38.5 Å². The quantitative estimate of drug-likeness (QED) is 0.0622. The first-order valence-corrected chi connectivity index (χ1v) is 14.5. The standard InChI is InChI=1S/C30H34Cl2N4O8/c1-4-20(42-14-15-44-36-35-33)18-43-21-16-22(31)28(23(32)17-21)29(39)34-30(13-10-26(37)38)11-8-19(9-12-30)27-24(40-2)6-5-7-25(27)41-3/h5-9,11,16-17,20H,4,10,12-15,18H2,1-3H3,(H,34,39)(H,37,38). The summed E-state index contributed by atoms with van der Waals surface area (Å²) in [5.41, 5.74) is 8.79. The van der Waals surface area contributed by atoms with Crippen LogP contribution < -0.4 is 19.5 Å². The number of hydrogen-bond acceptors (Lipinski definition) is 8. The minimum Gasteiger partial charge on any atom is -0.496 e. The fourth-order valence-electron chi connectivity index (χ4n) is 4.60. The Morgan fingerprint density at radius 1 is 1.16 bits per heavy atom. The molecule has 2 N–H and O–H groups in total. The Labute approximate surface area is 265 Å². The van der Waals surface area contributed by atoms with E-state index in [0.29, 0.717) is 30.1 Å². The number of carboxylic acids is 1. The van der Waals surface area contributed by atoms with Crippen LogP contribution in [0.2, 0.25) is 10.0 Å². The Morgan fingerprint density at radius 2 is 1.84 bits per heavy atom. The molecule has 44 heavy (non-hydrogen) atoms. The van der Waals surface area contributed by atoms with E-state index in [0.717, 1.165) is 11.1 Å². The van der Waals surface area contributed by atoms with Crippen molar-refractivity contribution in [3.8, 4) is 17.2 Å². The SMILES string of the molecule is CCC(COc1cc(Cl)c(C(=O)NC2(CCC(=O)O)C=CC(c3c(OC)cccc3OC)=CC2)c(Cl)c1)OCCON=[N+]=[N-]. The maximum absolute atomic E-state index is 13.5. The summed E-state index contributed by atoms with van der Waals surface area (Å²) in [6.07, 6.45) is 6.07. The van der Waals surface area contributed by atoms with E-state index in [1.165, 1.54) is 12.1 Å². The number of azide groups is 1. The topological polar surface area (TPSA) is 161 Å². The molecule has 1 amide bonds. The number of allylic oxidation sites excluding steroid dienone is 2. The molecule has 2 aromatic rings. The van der Waals surface area contributed by atoms with E-state index in [-0.39, 0.29) is 54.4 Å². The highest BCUT2D eigenvalue weighted by atomic mass is 35.5.